The van der Waals surface area contributed by atoms with Gasteiger partial charge in [0.15, 0.2) is 0 Å². The highest BCUT2D eigenvalue weighted by Crippen LogP contribution is 2.15. The van der Waals surface area contributed by atoms with Crippen molar-refractivity contribution < 1.29 is 5.11 Å². The van der Waals surface area contributed by atoms with Crippen molar-refractivity contribution in [2.45, 2.75) is 0 Å². The highest BCUT2D eigenvalue weighted by molar-refractivity contribution is 7.10. The van der Waals surface area contributed by atoms with Crippen molar-refractivity contribution in [3.63, 3.8) is 0 Å². The maximum Gasteiger partial charge on any atom is 0.307 e. The smallest absolute Gasteiger partial charge is 0.307 e. The number of thiazole rings is 1. The van der Waals surface area contributed by atoms with E-state index < -0.39 is 0 Å². The average molecular weight is 244 g/mol. The zero-order valence-corrected chi connectivity index (χ0v) is 9.49. The van der Waals surface area contributed by atoms with Crippen LogP contribution in [0.1, 0.15) is 4.88 Å². The van der Waals surface area contributed by atoms with Crippen LogP contribution in [-0.2, 0) is 0 Å². The van der Waals surface area contributed by atoms with Crippen molar-refractivity contribution in [1.29, 1.82) is 0 Å². The van der Waals surface area contributed by atoms with Crippen molar-refractivity contribution in [2.24, 2.45) is 4.99 Å². The lowest BCUT2D eigenvalue weighted by molar-refractivity contribution is 0.455. The number of rotatable bonds is 1. The summed E-state index contributed by atoms with van der Waals surface area (Å²) in [5.41, 5.74) is 0.904. The third kappa shape index (κ3) is 1.70. The topological polar surface area (TPSA) is 65.5 Å². The Bertz CT molecular complexity index is 784. The zero-order valence-electron chi connectivity index (χ0n) is 8.68. The summed E-state index contributed by atoms with van der Waals surface area (Å²) in [5, 5.41) is 11.5. The molecule has 1 aromatic heterocycles. The number of aromatic hydroxyl groups is 1. The standard InChI is InChI=1S/C12H8N2O2S/c15-11-10(17-12(16)14-11)6-7-2-1-3-9-8(7)4-5-13-9/h1-6,15H,(H,14,16)/b7-6-. The Hall–Kier alpha value is -2.14. The van der Waals surface area contributed by atoms with E-state index in [9.17, 15) is 9.90 Å². The average Bonchev–Trinajstić information content (AvgIpc) is 2.87. The Morgan fingerprint density at radius 1 is 1.41 bits per heavy atom. The summed E-state index contributed by atoms with van der Waals surface area (Å²) in [5.74, 6) is -0.0866. The monoisotopic (exact) mass is 244 g/mol. The molecule has 3 rings (SSSR count). The van der Waals surface area contributed by atoms with Crippen LogP contribution in [0.3, 0.4) is 0 Å². The number of H-pyrrole nitrogens is 1. The van der Waals surface area contributed by atoms with Crippen LogP contribution >= 0.6 is 11.3 Å². The van der Waals surface area contributed by atoms with Crippen molar-refractivity contribution in [3.05, 3.63) is 43.2 Å². The molecule has 4 nitrogen and oxygen atoms in total. The first-order chi connectivity index (χ1) is 8.24. The second kappa shape index (κ2) is 3.71. The van der Waals surface area contributed by atoms with Crippen molar-refractivity contribution >= 4 is 35.4 Å². The second-order valence-electron chi connectivity index (χ2n) is 3.60. The molecule has 2 N–H and O–H groups in total. The summed E-state index contributed by atoms with van der Waals surface area (Å²) in [4.78, 5) is 17.9. The molecule has 17 heavy (non-hydrogen) atoms. The normalized spacial score (nSPS) is 13.8. The molecule has 1 aromatic carbocycles. The molecule has 0 atom stereocenters. The van der Waals surface area contributed by atoms with Crippen molar-refractivity contribution in [3.8, 4) is 5.88 Å². The van der Waals surface area contributed by atoms with Gasteiger partial charge in [0.05, 0.1) is 10.6 Å². The van der Waals surface area contributed by atoms with Crippen molar-refractivity contribution in [2.75, 3.05) is 0 Å². The fourth-order valence-corrected chi connectivity index (χ4v) is 2.43. The van der Waals surface area contributed by atoms with Gasteiger partial charge in [0.1, 0.15) is 0 Å². The fraction of sp³-hybridized carbons (Fsp3) is 0. The molecule has 2 aromatic rings. The van der Waals surface area contributed by atoms with E-state index in [0.29, 0.717) is 4.88 Å². The third-order valence-electron chi connectivity index (χ3n) is 2.51. The molecular weight excluding hydrogens is 236 g/mol. The summed E-state index contributed by atoms with van der Waals surface area (Å²) in [7, 11) is 0. The maximum absolute atomic E-state index is 11.1. The van der Waals surface area contributed by atoms with Gasteiger partial charge in [0.2, 0.25) is 5.88 Å². The minimum atomic E-state index is -0.262. The number of aromatic amines is 1. The summed E-state index contributed by atoms with van der Waals surface area (Å²) in [6.07, 6.45) is 5.43. The first kappa shape index (κ1) is 10.0. The molecule has 0 bridgehead atoms. The van der Waals surface area contributed by atoms with Gasteiger partial charge in [0, 0.05) is 11.4 Å². The Balaban J connectivity index is 2.28. The first-order valence-electron chi connectivity index (χ1n) is 5.01. The summed E-state index contributed by atoms with van der Waals surface area (Å²) in [6.45, 7) is 0. The molecule has 2 heterocycles. The van der Waals surface area contributed by atoms with Gasteiger partial charge >= 0.3 is 4.87 Å². The van der Waals surface area contributed by atoms with E-state index in [1.165, 1.54) is 0 Å². The predicted molar refractivity (Wildman–Crippen MR) is 68.5 cm³/mol. The van der Waals surface area contributed by atoms with E-state index in [0.717, 1.165) is 27.5 Å². The van der Waals surface area contributed by atoms with E-state index in [4.69, 9.17) is 0 Å². The summed E-state index contributed by atoms with van der Waals surface area (Å²) >= 11 is 0.983. The number of aromatic nitrogens is 1. The molecule has 0 aliphatic carbocycles. The van der Waals surface area contributed by atoms with Gasteiger partial charge in [0.25, 0.3) is 0 Å². The number of hydrogen-bond acceptors (Lipinski definition) is 4. The largest absolute Gasteiger partial charge is 0.493 e. The Morgan fingerprint density at radius 2 is 2.29 bits per heavy atom. The Kier molecular flexibility index (Phi) is 2.19. The van der Waals surface area contributed by atoms with E-state index in [1.807, 2.05) is 24.3 Å². The number of fused-ring (bicyclic) bond motifs is 1. The van der Waals surface area contributed by atoms with Crippen LogP contribution in [0, 0.1) is 0 Å². The van der Waals surface area contributed by atoms with Crippen LogP contribution in [0.15, 0.2) is 28.0 Å². The Morgan fingerprint density at radius 3 is 3.06 bits per heavy atom. The molecule has 0 saturated carbocycles. The second-order valence-corrected chi connectivity index (χ2v) is 4.61. The van der Waals surface area contributed by atoms with E-state index >= 15 is 0 Å². The van der Waals surface area contributed by atoms with E-state index in [2.05, 4.69) is 9.98 Å². The molecule has 0 radical (unpaired) electrons. The Labute approximate surface area is 99.9 Å². The molecule has 1 aliphatic heterocycles. The molecule has 1 aliphatic rings. The van der Waals surface area contributed by atoms with Gasteiger partial charge in [-0.25, -0.2) is 0 Å². The highest BCUT2D eigenvalue weighted by Gasteiger charge is 2.04. The molecule has 0 spiro atoms. The lowest BCUT2D eigenvalue weighted by Crippen LogP contribution is -2.22. The third-order valence-corrected chi connectivity index (χ3v) is 3.33. The number of nitrogens with one attached hydrogen (secondary N) is 1. The quantitative estimate of drug-likeness (QED) is 0.765. The fourth-order valence-electron chi connectivity index (χ4n) is 1.75. The van der Waals surface area contributed by atoms with Gasteiger partial charge in [-0.15, -0.1) is 0 Å². The molecule has 0 fully saturated rings. The predicted octanol–water partition coefficient (Wildman–Crippen LogP) is 0.467. The number of benzene rings is 1. The van der Waals surface area contributed by atoms with Gasteiger partial charge in [-0.3, -0.25) is 14.8 Å². The molecular formula is C12H8N2O2S. The minimum absolute atomic E-state index is 0.0866. The van der Waals surface area contributed by atoms with Gasteiger partial charge in [-0.2, -0.15) is 0 Å². The van der Waals surface area contributed by atoms with Crippen LogP contribution in [-0.4, -0.2) is 16.3 Å². The molecule has 5 heteroatoms. The lowest BCUT2D eigenvalue weighted by atomic mass is 10.2. The van der Waals surface area contributed by atoms with Crippen LogP contribution < -0.4 is 15.3 Å². The van der Waals surface area contributed by atoms with Crippen LogP contribution in [0.5, 0.6) is 5.88 Å². The summed E-state index contributed by atoms with van der Waals surface area (Å²) in [6, 6.07) is 5.74. The summed E-state index contributed by atoms with van der Waals surface area (Å²) < 4.78 is 0. The lowest BCUT2D eigenvalue weighted by Gasteiger charge is -1.92. The van der Waals surface area contributed by atoms with Gasteiger partial charge in [-0.05, 0) is 23.4 Å². The van der Waals surface area contributed by atoms with Gasteiger partial charge < -0.3 is 5.11 Å². The minimum Gasteiger partial charge on any atom is -0.493 e. The van der Waals surface area contributed by atoms with E-state index in [1.54, 1.807) is 12.3 Å². The molecule has 0 amide bonds. The van der Waals surface area contributed by atoms with Crippen LogP contribution in [0.4, 0.5) is 5.69 Å². The number of aliphatic imine (C=N–C) groups is 1. The maximum atomic E-state index is 11.1. The molecule has 84 valence electrons. The molecule has 0 saturated heterocycles. The number of nitrogens with zero attached hydrogens (tertiary/aromatic N) is 1. The van der Waals surface area contributed by atoms with E-state index in [-0.39, 0.29) is 10.8 Å². The van der Waals surface area contributed by atoms with Gasteiger partial charge in [-0.1, -0.05) is 23.5 Å². The highest BCUT2D eigenvalue weighted by atomic mass is 32.1. The van der Waals surface area contributed by atoms with Crippen LogP contribution in [0.2, 0.25) is 0 Å². The van der Waals surface area contributed by atoms with Crippen molar-refractivity contribution in [1.82, 2.24) is 4.98 Å². The zero-order chi connectivity index (χ0) is 11.8. The number of hydrogen-bond donors (Lipinski definition) is 2. The molecule has 0 unspecified atom stereocenters. The van der Waals surface area contributed by atoms with Crippen LogP contribution in [0.25, 0.3) is 12.2 Å². The SMILES string of the molecule is O=c1[nH]c(O)c(/C=c2/cccc3c2=CC=N3)s1. The first-order valence-corrected chi connectivity index (χ1v) is 5.83.